The number of carbonyl (C=O) groups is 1. The number of aromatic carboxylic acids is 1. The Morgan fingerprint density at radius 2 is 2.17 bits per heavy atom. The molecular formula is C13H8N2O3. The minimum Gasteiger partial charge on any atom is -0.478 e. The molecular weight excluding hydrogens is 232 g/mol. The highest BCUT2D eigenvalue weighted by Crippen LogP contribution is 2.24. The maximum absolute atomic E-state index is 10.8. The van der Waals surface area contributed by atoms with Crippen molar-refractivity contribution in [3.05, 3.63) is 53.9 Å². The molecule has 0 aliphatic carbocycles. The van der Waals surface area contributed by atoms with Crippen molar-refractivity contribution in [2.45, 2.75) is 0 Å². The summed E-state index contributed by atoms with van der Waals surface area (Å²) in [4.78, 5) is 14.7. The highest BCUT2D eigenvalue weighted by Gasteiger charge is 2.07. The van der Waals surface area contributed by atoms with Gasteiger partial charge in [0.05, 0.1) is 5.56 Å². The van der Waals surface area contributed by atoms with Crippen LogP contribution in [0.1, 0.15) is 16.1 Å². The number of rotatable bonds is 3. The molecule has 0 radical (unpaired) electrons. The predicted molar refractivity (Wildman–Crippen MR) is 62.4 cm³/mol. The van der Waals surface area contributed by atoms with Crippen molar-refractivity contribution in [2.24, 2.45) is 0 Å². The molecule has 2 rings (SSSR count). The zero-order valence-corrected chi connectivity index (χ0v) is 9.20. The van der Waals surface area contributed by atoms with Crippen LogP contribution in [0, 0.1) is 11.3 Å². The molecule has 0 bridgehead atoms. The fourth-order valence-electron chi connectivity index (χ4n) is 1.38. The Labute approximate surface area is 103 Å². The van der Waals surface area contributed by atoms with Crippen LogP contribution in [0.15, 0.2) is 42.6 Å². The van der Waals surface area contributed by atoms with Crippen molar-refractivity contribution in [3.63, 3.8) is 0 Å². The van der Waals surface area contributed by atoms with Crippen LogP contribution in [0.25, 0.3) is 0 Å². The van der Waals surface area contributed by atoms with Gasteiger partial charge in [-0.15, -0.1) is 0 Å². The molecule has 18 heavy (non-hydrogen) atoms. The number of carboxylic acids is 1. The molecule has 0 aliphatic heterocycles. The van der Waals surface area contributed by atoms with E-state index in [2.05, 4.69) is 4.98 Å². The summed E-state index contributed by atoms with van der Waals surface area (Å²) in [5.74, 6) is -0.394. The van der Waals surface area contributed by atoms with Crippen molar-refractivity contribution in [1.82, 2.24) is 4.98 Å². The van der Waals surface area contributed by atoms with Crippen LogP contribution in [0.2, 0.25) is 0 Å². The largest absolute Gasteiger partial charge is 0.478 e. The number of pyridine rings is 1. The normalized spacial score (nSPS) is 9.50. The zero-order valence-electron chi connectivity index (χ0n) is 9.20. The summed E-state index contributed by atoms with van der Waals surface area (Å²) >= 11 is 0. The number of nitriles is 1. The lowest BCUT2D eigenvalue weighted by Gasteiger charge is -2.06. The molecule has 0 fully saturated rings. The minimum absolute atomic E-state index is 0.120. The van der Waals surface area contributed by atoms with Crippen LogP contribution in [0.3, 0.4) is 0 Å². The minimum atomic E-state index is -1.04. The van der Waals surface area contributed by atoms with Gasteiger partial charge in [-0.1, -0.05) is 6.07 Å². The number of aromatic nitrogens is 1. The highest BCUT2D eigenvalue weighted by molar-refractivity contribution is 5.88. The first-order chi connectivity index (χ1) is 8.70. The van der Waals surface area contributed by atoms with Gasteiger partial charge >= 0.3 is 5.97 Å². The molecule has 0 amide bonds. The molecule has 0 atom stereocenters. The zero-order chi connectivity index (χ0) is 13.0. The van der Waals surface area contributed by atoms with Gasteiger partial charge in [-0.25, -0.2) is 9.78 Å². The molecule has 1 heterocycles. The average Bonchev–Trinajstić information content (AvgIpc) is 2.39. The third-order valence-electron chi connectivity index (χ3n) is 2.19. The monoisotopic (exact) mass is 240 g/mol. The van der Waals surface area contributed by atoms with E-state index in [0.29, 0.717) is 11.5 Å². The maximum Gasteiger partial charge on any atom is 0.335 e. The number of hydrogen-bond acceptors (Lipinski definition) is 4. The summed E-state index contributed by atoms with van der Waals surface area (Å²) in [6, 6.07) is 11.2. The Morgan fingerprint density at radius 1 is 1.33 bits per heavy atom. The van der Waals surface area contributed by atoms with Crippen molar-refractivity contribution in [1.29, 1.82) is 5.26 Å². The van der Waals surface area contributed by atoms with Crippen LogP contribution >= 0.6 is 0 Å². The van der Waals surface area contributed by atoms with Gasteiger partial charge in [0.2, 0.25) is 0 Å². The summed E-state index contributed by atoms with van der Waals surface area (Å²) in [6.45, 7) is 0. The fraction of sp³-hybridized carbons (Fsp3) is 0. The molecule has 0 unspecified atom stereocenters. The van der Waals surface area contributed by atoms with Gasteiger partial charge in [0.25, 0.3) is 0 Å². The number of nitrogens with zero attached hydrogens (tertiary/aromatic N) is 2. The second kappa shape index (κ2) is 4.97. The number of ether oxygens (including phenoxy) is 1. The van der Waals surface area contributed by atoms with Crippen molar-refractivity contribution >= 4 is 5.97 Å². The van der Waals surface area contributed by atoms with Crippen LogP contribution < -0.4 is 4.74 Å². The third-order valence-corrected chi connectivity index (χ3v) is 2.19. The Bertz CT molecular complexity index is 632. The van der Waals surface area contributed by atoms with Gasteiger partial charge in [0.15, 0.2) is 11.4 Å². The van der Waals surface area contributed by atoms with Crippen LogP contribution in [0.4, 0.5) is 0 Å². The first-order valence-corrected chi connectivity index (χ1v) is 5.07. The Balaban J connectivity index is 2.32. The van der Waals surface area contributed by atoms with Crippen LogP contribution in [-0.4, -0.2) is 16.1 Å². The number of benzene rings is 1. The van der Waals surface area contributed by atoms with Crippen molar-refractivity contribution in [3.8, 4) is 17.6 Å². The summed E-state index contributed by atoms with van der Waals surface area (Å²) in [7, 11) is 0. The smallest absolute Gasteiger partial charge is 0.335 e. The van der Waals surface area contributed by atoms with Gasteiger partial charge in [-0.2, -0.15) is 5.26 Å². The average molecular weight is 240 g/mol. The lowest BCUT2D eigenvalue weighted by Crippen LogP contribution is -1.97. The molecule has 0 saturated heterocycles. The molecule has 88 valence electrons. The molecule has 5 nitrogen and oxygen atoms in total. The SMILES string of the molecule is N#Cc1ncccc1Oc1cccc(C(=O)O)c1. The molecule has 0 spiro atoms. The molecule has 0 saturated carbocycles. The molecule has 2 aromatic rings. The molecule has 1 N–H and O–H groups in total. The van der Waals surface area contributed by atoms with Gasteiger partial charge in [0.1, 0.15) is 11.8 Å². The summed E-state index contributed by atoms with van der Waals surface area (Å²) in [5.41, 5.74) is 0.271. The first-order valence-electron chi connectivity index (χ1n) is 5.07. The van der Waals surface area contributed by atoms with E-state index >= 15 is 0 Å². The van der Waals surface area contributed by atoms with E-state index in [9.17, 15) is 4.79 Å². The number of hydrogen-bond donors (Lipinski definition) is 1. The standard InChI is InChI=1S/C13H8N2O3/c14-8-11-12(5-2-6-15-11)18-10-4-1-3-9(7-10)13(16)17/h1-7H,(H,16,17). The predicted octanol–water partition coefficient (Wildman–Crippen LogP) is 2.44. The molecule has 1 aromatic carbocycles. The quantitative estimate of drug-likeness (QED) is 0.890. The van der Waals surface area contributed by atoms with Crippen molar-refractivity contribution in [2.75, 3.05) is 0 Å². The van der Waals surface area contributed by atoms with Gasteiger partial charge in [-0.05, 0) is 30.3 Å². The van der Waals surface area contributed by atoms with Crippen LogP contribution in [-0.2, 0) is 0 Å². The van der Waals surface area contributed by atoms with E-state index in [-0.39, 0.29) is 11.3 Å². The summed E-state index contributed by atoms with van der Waals surface area (Å²) < 4.78 is 5.44. The van der Waals surface area contributed by atoms with Gasteiger partial charge in [-0.3, -0.25) is 0 Å². The molecule has 1 aromatic heterocycles. The van der Waals surface area contributed by atoms with E-state index in [1.807, 2.05) is 6.07 Å². The van der Waals surface area contributed by atoms with E-state index in [0.717, 1.165) is 0 Å². The summed E-state index contributed by atoms with van der Waals surface area (Å²) in [6.07, 6.45) is 1.49. The van der Waals surface area contributed by atoms with Gasteiger partial charge < -0.3 is 9.84 Å². The van der Waals surface area contributed by atoms with Crippen LogP contribution in [0.5, 0.6) is 11.5 Å². The van der Waals surface area contributed by atoms with Gasteiger partial charge in [0, 0.05) is 6.20 Å². The second-order valence-electron chi connectivity index (χ2n) is 3.40. The lowest BCUT2D eigenvalue weighted by atomic mass is 10.2. The van der Waals surface area contributed by atoms with Crippen molar-refractivity contribution < 1.29 is 14.6 Å². The molecule has 0 aliphatic rings. The first kappa shape index (κ1) is 11.6. The Kier molecular flexibility index (Phi) is 3.21. The fourth-order valence-corrected chi connectivity index (χ4v) is 1.38. The van der Waals surface area contributed by atoms with E-state index in [1.165, 1.54) is 18.3 Å². The number of carboxylic acid groups (broad SMARTS) is 1. The second-order valence-corrected chi connectivity index (χ2v) is 3.40. The third kappa shape index (κ3) is 2.44. The summed E-state index contributed by atoms with van der Waals surface area (Å²) in [5, 5.41) is 17.7. The van der Waals surface area contributed by atoms with E-state index < -0.39 is 5.97 Å². The topological polar surface area (TPSA) is 83.2 Å². The van der Waals surface area contributed by atoms with E-state index in [4.69, 9.17) is 15.1 Å². The lowest BCUT2D eigenvalue weighted by molar-refractivity contribution is 0.0696. The molecule has 5 heteroatoms. The van der Waals surface area contributed by atoms with E-state index in [1.54, 1.807) is 24.3 Å². The Hall–Kier alpha value is -2.87. The Morgan fingerprint density at radius 3 is 2.89 bits per heavy atom. The maximum atomic E-state index is 10.8. The highest BCUT2D eigenvalue weighted by atomic mass is 16.5.